The van der Waals surface area contributed by atoms with Crippen molar-refractivity contribution in [2.24, 2.45) is 17.8 Å². The Hall–Kier alpha value is -5.70. The molecular weight excluding hydrogens is 815 g/mol. The molecule has 0 saturated carbocycles. The van der Waals surface area contributed by atoms with E-state index in [1.54, 1.807) is 52.0 Å². The normalized spacial score (nSPS) is 26.9. The summed E-state index contributed by atoms with van der Waals surface area (Å²) in [7, 11) is 0. The predicted octanol–water partition coefficient (Wildman–Crippen LogP) is -1.74. The predicted molar refractivity (Wildman–Crippen MR) is 220 cm³/mol. The van der Waals surface area contributed by atoms with Crippen LogP contribution in [0.4, 0.5) is 0 Å². The molecule has 21 heteroatoms. The smallest absolute Gasteiger partial charge is 0.305 e. The van der Waals surface area contributed by atoms with Crippen LogP contribution in [-0.2, 0) is 49.6 Å². The van der Waals surface area contributed by atoms with E-state index in [-0.39, 0.29) is 31.7 Å². The van der Waals surface area contributed by atoms with Gasteiger partial charge in [0, 0.05) is 36.2 Å². The van der Waals surface area contributed by atoms with Crippen LogP contribution in [0.1, 0.15) is 58.9 Å². The fourth-order valence-electron chi connectivity index (χ4n) is 7.60. The number of aromatic nitrogens is 1. The first-order valence-electron chi connectivity index (χ1n) is 20.4. The van der Waals surface area contributed by atoms with E-state index in [4.69, 9.17) is 0 Å². The highest BCUT2D eigenvalue weighted by molar-refractivity contribution is 7.99. The summed E-state index contributed by atoms with van der Waals surface area (Å²) in [4.78, 5) is 128. The third kappa shape index (κ3) is 11.4. The van der Waals surface area contributed by atoms with Gasteiger partial charge in [-0.2, -0.15) is 0 Å². The van der Waals surface area contributed by atoms with Crippen molar-refractivity contribution in [3.8, 4) is 0 Å². The number of aliphatic hydroxyl groups is 1. The van der Waals surface area contributed by atoms with Crippen molar-refractivity contribution in [1.82, 2.24) is 47.1 Å². The Morgan fingerprint density at radius 3 is 2.20 bits per heavy atom. The van der Waals surface area contributed by atoms with Crippen LogP contribution in [0.25, 0.3) is 10.9 Å². The van der Waals surface area contributed by atoms with E-state index in [2.05, 4.69) is 42.2 Å². The van der Waals surface area contributed by atoms with Crippen LogP contribution in [0.3, 0.4) is 0 Å². The Kier molecular flexibility index (Phi) is 15.7. The van der Waals surface area contributed by atoms with E-state index in [9.17, 15) is 53.4 Å². The summed E-state index contributed by atoms with van der Waals surface area (Å²) in [5, 5.41) is 39.3. The summed E-state index contributed by atoms with van der Waals surface area (Å²) in [6.45, 7) is 5.25. The number of H-pyrrole nitrogens is 1. The highest BCUT2D eigenvalue weighted by atomic mass is 32.2. The van der Waals surface area contributed by atoms with Crippen LogP contribution in [0.5, 0.6) is 0 Å². The molecule has 5 rings (SSSR count). The molecule has 3 aliphatic rings. The van der Waals surface area contributed by atoms with E-state index in [1.165, 1.54) is 0 Å². The molecule has 10 N–H and O–H groups in total. The van der Waals surface area contributed by atoms with Crippen molar-refractivity contribution in [2.75, 3.05) is 32.0 Å². The number of hydrogen-bond acceptors (Lipinski definition) is 11. The Bertz CT molecular complexity index is 2030. The largest absolute Gasteiger partial charge is 0.481 e. The molecule has 3 aliphatic heterocycles. The van der Waals surface area contributed by atoms with Crippen molar-refractivity contribution in [3.63, 3.8) is 0 Å². The Morgan fingerprint density at radius 2 is 1.51 bits per heavy atom. The maximum absolute atomic E-state index is 14.5. The fourth-order valence-corrected chi connectivity index (χ4v) is 8.71. The lowest BCUT2D eigenvalue weighted by Crippen LogP contribution is -2.61. The number of carboxylic acid groups (broad SMARTS) is 1. The van der Waals surface area contributed by atoms with Gasteiger partial charge < -0.3 is 57.3 Å². The van der Waals surface area contributed by atoms with Crippen LogP contribution in [0.15, 0.2) is 29.3 Å². The average Bonchev–Trinajstić information content (AvgIpc) is 3.87. The first kappa shape index (κ1) is 46.4. The van der Waals surface area contributed by atoms with Crippen molar-refractivity contribution >= 4 is 75.9 Å². The highest BCUT2D eigenvalue weighted by Gasteiger charge is 2.42. The number of rotatable bonds is 7. The zero-order valence-electron chi connectivity index (χ0n) is 34.5. The summed E-state index contributed by atoms with van der Waals surface area (Å²) >= 11 is 1.07. The Labute approximate surface area is 356 Å². The van der Waals surface area contributed by atoms with Crippen LogP contribution in [0.2, 0.25) is 0 Å². The second-order valence-electron chi connectivity index (χ2n) is 15.9. The zero-order chi connectivity index (χ0) is 44.5. The first-order chi connectivity index (χ1) is 29.0. The second kappa shape index (κ2) is 20.7. The van der Waals surface area contributed by atoms with Crippen LogP contribution in [0, 0.1) is 17.8 Å². The number of carbonyl (C=O) groups excluding carboxylic acids is 8. The number of amides is 8. The van der Waals surface area contributed by atoms with Crippen molar-refractivity contribution < 1.29 is 53.4 Å². The molecule has 8 amide bonds. The number of para-hydroxylation sites is 1. The van der Waals surface area contributed by atoms with Crippen molar-refractivity contribution in [3.05, 3.63) is 29.8 Å². The van der Waals surface area contributed by atoms with Gasteiger partial charge >= 0.3 is 5.97 Å². The molecule has 4 heterocycles. The number of benzene rings is 1. The summed E-state index contributed by atoms with van der Waals surface area (Å²) in [5.41, 5.74) is 1.13. The molecule has 1 aromatic carbocycles. The molecule has 0 aliphatic carbocycles. The number of nitrogens with one attached hydrogen (secondary N) is 8. The molecule has 9 atom stereocenters. The SMILES string of the molecule is CC[C@H](C)[C@@H]1NC(=O)CNC(=O)C2Cc3c([nH]c4ccccc34)SCC(NC(=O)CNC1=O)C(=O)N[C@@H](CC(=O)O)C(=O)N1CCC[C@H]1C(=O)N[C@@H]([C@@H](C)[C@@H](C)CO)C(=O)N2. The molecule has 1 saturated heterocycles. The van der Waals surface area contributed by atoms with Gasteiger partial charge in [0.15, 0.2) is 0 Å². The number of hydrogen-bond donors (Lipinski definition) is 10. The Morgan fingerprint density at radius 1 is 0.820 bits per heavy atom. The molecular formula is C40H55N9O11S. The number of carboxylic acids is 1. The van der Waals surface area contributed by atoms with Gasteiger partial charge in [-0.25, -0.2) is 0 Å². The number of aromatic amines is 1. The van der Waals surface area contributed by atoms with Gasteiger partial charge in [-0.1, -0.05) is 52.3 Å². The van der Waals surface area contributed by atoms with E-state index in [0.717, 1.165) is 16.7 Å². The Balaban J connectivity index is 1.68. The molecule has 61 heavy (non-hydrogen) atoms. The maximum atomic E-state index is 14.5. The van der Waals surface area contributed by atoms with Gasteiger partial charge in [0.1, 0.15) is 36.3 Å². The number of nitrogens with zero attached hydrogens (tertiary/aromatic N) is 1. The number of aliphatic carboxylic acids is 1. The van der Waals surface area contributed by atoms with Gasteiger partial charge in [-0.15, -0.1) is 11.8 Å². The monoisotopic (exact) mass is 869 g/mol. The van der Waals surface area contributed by atoms with Gasteiger partial charge in [0.2, 0.25) is 47.3 Å². The highest BCUT2D eigenvalue weighted by Crippen LogP contribution is 2.32. The number of aliphatic hydroxyl groups excluding tert-OH is 1. The molecule has 20 nitrogen and oxygen atoms in total. The van der Waals surface area contributed by atoms with E-state index in [0.29, 0.717) is 34.3 Å². The molecule has 332 valence electrons. The molecule has 2 bridgehead atoms. The van der Waals surface area contributed by atoms with Gasteiger partial charge in [0.05, 0.1) is 24.5 Å². The number of thioether (sulfide) groups is 1. The number of fused-ring (bicyclic) bond motifs is 5. The van der Waals surface area contributed by atoms with Crippen LogP contribution >= 0.6 is 11.8 Å². The lowest BCUT2D eigenvalue weighted by atomic mass is 9.88. The van der Waals surface area contributed by atoms with E-state index in [1.807, 2.05) is 0 Å². The lowest BCUT2D eigenvalue weighted by molar-refractivity contribution is -0.146. The van der Waals surface area contributed by atoms with Gasteiger partial charge in [0.25, 0.3) is 0 Å². The number of carbonyl (C=O) groups is 9. The quantitative estimate of drug-likeness (QED) is 0.149. The standard InChI is InChI=1S/C40H55N9O11S/c1-5-19(2)32-37(58)42-15-29(51)43-27-18-61-39-23(22-9-6-7-10-24(22)46-39)13-25(34(55)41-16-30(52)47-32)44-38(59)33(21(4)20(3)17-50)48-36(57)28-11-8-12-49(28)40(60)26(14-31(53)54)45-35(27)56/h6-7,9-10,19-21,25-28,32-33,46,50H,5,8,11-18H2,1-4H3,(H,41,55)(H,42,58)(H,43,51)(H,44,59)(H,45,56)(H,47,52)(H,48,57)(H,53,54)/t19-,20-,21-,25?,26-,27?,28-,32-,33-/m0/s1. The summed E-state index contributed by atoms with van der Waals surface area (Å²) in [6, 6.07) is -1.11. The third-order valence-corrected chi connectivity index (χ3v) is 12.8. The minimum atomic E-state index is -1.68. The van der Waals surface area contributed by atoms with Gasteiger partial charge in [-0.3, -0.25) is 43.2 Å². The molecule has 1 fully saturated rings. The molecule has 2 unspecified atom stereocenters. The van der Waals surface area contributed by atoms with E-state index < -0.39 is 127 Å². The molecule has 2 aromatic rings. The summed E-state index contributed by atoms with van der Waals surface area (Å²) in [5.74, 6) is -9.74. The molecule has 1 aromatic heterocycles. The van der Waals surface area contributed by atoms with Crippen molar-refractivity contribution in [2.45, 2.75) is 101 Å². The topological polar surface area (TPSA) is 297 Å². The summed E-state index contributed by atoms with van der Waals surface area (Å²) in [6.07, 6.45) is -0.135. The average molecular weight is 870 g/mol. The summed E-state index contributed by atoms with van der Waals surface area (Å²) < 4.78 is 0. The first-order valence-corrected chi connectivity index (χ1v) is 21.4. The second-order valence-corrected chi connectivity index (χ2v) is 16.9. The van der Waals surface area contributed by atoms with E-state index >= 15 is 0 Å². The molecule has 0 spiro atoms. The van der Waals surface area contributed by atoms with Crippen molar-refractivity contribution in [1.29, 1.82) is 0 Å². The van der Waals surface area contributed by atoms with Crippen LogP contribution < -0.4 is 37.2 Å². The maximum Gasteiger partial charge on any atom is 0.305 e. The lowest BCUT2D eigenvalue weighted by Gasteiger charge is -2.33. The minimum absolute atomic E-state index is 0.0225. The van der Waals surface area contributed by atoms with Crippen LogP contribution in [-0.4, -0.2) is 142 Å². The minimum Gasteiger partial charge on any atom is -0.481 e. The van der Waals surface area contributed by atoms with Gasteiger partial charge in [-0.05, 0) is 42.2 Å². The molecule has 0 radical (unpaired) electrons. The third-order valence-electron chi connectivity index (χ3n) is 11.6. The fraction of sp³-hybridized carbons (Fsp3) is 0.575. The zero-order valence-corrected chi connectivity index (χ0v) is 35.3.